The van der Waals surface area contributed by atoms with Gasteiger partial charge < -0.3 is 10.5 Å². The van der Waals surface area contributed by atoms with Crippen molar-refractivity contribution in [3.05, 3.63) is 11.9 Å². The molecule has 4 heteroatoms. The lowest BCUT2D eigenvalue weighted by atomic mass is 10.2. The Hall–Kier alpha value is -1.32. The molecule has 0 atom stereocenters. The van der Waals surface area contributed by atoms with Gasteiger partial charge in [0.05, 0.1) is 0 Å². The van der Waals surface area contributed by atoms with E-state index >= 15 is 0 Å². The van der Waals surface area contributed by atoms with E-state index in [1.54, 1.807) is 6.07 Å². The van der Waals surface area contributed by atoms with Gasteiger partial charge in [-0.05, 0) is 20.8 Å². The average Bonchev–Trinajstić information content (AvgIpc) is 1.99. The third kappa shape index (κ3) is 3.20. The van der Waals surface area contributed by atoms with Crippen molar-refractivity contribution < 1.29 is 4.74 Å². The van der Waals surface area contributed by atoms with Crippen molar-refractivity contribution in [1.82, 2.24) is 9.97 Å². The lowest BCUT2D eigenvalue weighted by Crippen LogP contribution is -2.24. The molecule has 14 heavy (non-hydrogen) atoms. The van der Waals surface area contributed by atoms with Gasteiger partial charge in [-0.15, -0.1) is 0 Å². The highest BCUT2D eigenvalue weighted by Crippen LogP contribution is 2.17. The molecule has 0 unspecified atom stereocenters. The maximum atomic E-state index is 5.62. The Labute approximate surface area is 84.5 Å². The second-order valence-corrected chi connectivity index (χ2v) is 4.12. The Balaban J connectivity index is 2.92. The van der Waals surface area contributed by atoms with Crippen LogP contribution >= 0.6 is 0 Å². The van der Waals surface area contributed by atoms with Gasteiger partial charge in [0, 0.05) is 12.5 Å². The molecule has 0 aromatic carbocycles. The number of aromatic nitrogens is 2. The zero-order chi connectivity index (χ0) is 10.8. The number of nitrogen functional groups attached to an aromatic ring is 1. The van der Waals surface area contributed by atoms with E-state index in [1.807, 2.05) is 27.7 Å². The van der Waals surface area contributed by atoms with E-state index in [4.69, 9.17) is 10.5 Å². The summed E-state index contributed by atoms with van der Waals surface area (Å²) in [5.74, 6) is 1.71. The summed E-state index contributed by atoms with van der Waals surface area (Å²) >= 11 is 0. The third-order valence-corrected chi connectivity index (χ3v) is 1.50. The molecule has 1 aromatic rings. The fourth-order valence-electron chi connectivity index (χ4n) is 1.02. The first-order valence-electron chi connectivity index (χ1n) is 4.73. The van der Waals surface area contributed by atoms with Crippen LogP contribution in [0.4, 0.5) is 5.82 Å². The monoisotopic (exact) mass is 195 g/mol. The molecule has 1 aromatic heterocycles. The molecule has 0 radical (unpaired) electrons. The van der Waals surface area contributed by atoms with E-state index in [2.05, 4.69) is 9.97 Å². The van der Waals surface area contributed by atoms with Gasteiger partial charge in [0.15, 0.2) is 0 Å². The molecule has 2 N–H and O–H groups in total. The zero-order valence-corrected chi connectivity index (χ0v) is 9.16. The maximum absolute atomic E-state index is 5.62. The number of ether oxygens (including phenoxy) is 1. The van der Waals surface area contributed by atoms with Gasteiger partial charge >= 0.3 is 0 Å². The Morgan fingerprint density at radius 3 is 2.50 bits per heavy atom. The molecule has 0 fully saturated rings. The van der Waals surface area contributed by atoms with E-state index in [0.29, 0.717) is 17.5 Å². The Morgan fingerprint density at radius 1 is 1.36 bits per heavy atom. The van der Waals surface area contributed by atoms with Crippen molar-refractivity contribution in [3.63, 3.8) is 0 Å². The van der Waals surface area contributed by atoms with Crippen LogP contribution in [0, 0.1) is 0 Å². The van der Waals surface area contributed by atoms with E-state index in [-0.39, 0.29) is 5.60 Å². The van der Waals surface area contributed by atoms with Crippen LogP contribution in [0.25, 0.3) is 0 Å². The van der Waals surface area contributed by atoms with E-state index < -0.39 is 0 Å². The van der Waals surface area contributed by atoms with Crippen LogP contribution in [0.5, 0.6) is 5.88 Å². The normalized spacial score (nSPS) is 11.4. The lowest BCUT2D eigenvalue weighted by molar-refractivity contribution is 0.123. The molecule has 0 amide bonds. The summed E-state index contributed by atoms with van der Waals surface area (Å²) in [5.41, 5.74) is 5.36. The summed E-state index contributed by atoms with van der Waals surface area (Å²) in [4.78, 5) is 8.29. The number of rotatable bonds is 2. The van der Waals surface area contributed by atoms with Crippen LogP contribution in [0.15, 0.2) is 6.07 Å². The van der Waals surface area contributed by atoms with Crippen molar-refractivity contribution in [2.45, 2.75) is 39.7 Å². The minimum atomic E-state index is -0.258. The molecule has 0 aliphatic heterocycles. The number of nitrogens with zero attached hydrogens (tertiary/aromatic N) is 2. The van der Waals surface area contributed by atoms with Gasteiger partial charge in [0.25, 0.3) is 0 Å². The van der Waals surface area contributed by atoms with Crippen molar-refractivity contribution >= 4 is 5.82 Å². The maximum Gasteiger partial charge on any atom is 0.219 e. The molecule has 0 saturated heterocycles. The molecular weight excluding hydrogens is 178 g/mol. The predicted octanol–water partition coefficient (Wildman–Crippen LogP) is 1.80. The number of anilines is 1. The van der Waals surface area contributed by atoms with Crippen LogP contribution in [0.1, 0.15) is 33.5 Å². The highest BCUT2D eigenvalue weighted by atomic mass is 16.5. The Morgan fingerprint density at radius 2 is 2.00 bits per heavy atom. The lowest BCUT2D eigenvalue weighted by Gasteiger charge is -2.20. The second-order valence-electron chi connectivity index (χ2n) is 4.12. The first-order valence-corrected chi connectivity index (χ1v) is 4.73. The van der Waals surface area contributed by atoms with Gasteiger partial charge in [-0.1, -0.05) is 6.92 Å². The number of hydrogen-bond acceptors (Lipinski definition) is 4. The van der Waals surface area contributed by atoms with Crippen LogP contribution in [0.2, 0.25) is 0 Å². The molecule has 4 nitrogen and oxygen atoms in total. The van der Waals surface area contributed by atoms with Gasteiger partial charge in [-0.2, -0.15) is 4.98 Å². The predicted molar refractivity (Wildman–Crippen MR) is 56.2 cm³/mol. The van der Waals surface area contributed by atoms with Gasteiger partial charge in [0.1, 0.15) is 17.2 Å². The smallest absolute Gasteiger partial charge is 0.219 e. The Kier molecular flexibility index (Phi) is 2.93. The van der Waals surface area contributed by atoms with Crippen LogP contribution in [-0.2, 0) is 6.42 Å². The summed E-state index contributed by atoms with van der Waals surface area (Å²) in [6.45, 7) is 7.89. The van der Waals surface area contributed by atoms with Crippen LogP contribution in [0.3, 0.4) is 0 Å². The average molecular weight is 195 g/mol. The molecule has 0 spiro atoms. The van der Waals surface area contributed by atoms with Crippen molar-refractivity contribution in [1.29, 1.82) is 0 Å². The molecule has 1 rings (SSSR count). The van der Waals surface area contributed by atoms with Gasteiger partial charge in [-0.25, -0.2) is 4.98 Å². The van der Waals surface area contributed by atoms with Crippen molar-refractivity contribution in [3.8, 4) is 5.88 Å². The third-order valence-electron chi connectivity index (χ3n) is 1.50. The molecule has 78 valence electrons. The summed E-state index contributed by atoms with van der Waals surface area (Å²) in [6.07, 6.45) is 0.755. The zero-order valence-electron chi connectivity index (χ0n) is 9.16. The fourth-order valence-corrected chi connectivity index (χ4v) is 1.02. The fraction of sp³-hybridized carbons (Fsp3) is 0.600. The summed E-state index contributed by atoms with van der Waals surface area (Å²) in [7, 11) is 0. The topological polar surface area (TPSA) is 61.0 Å². The molecule has 0 aliphatic carbocycles. The standard InChI is InChI=1S/C10H17N3O/c1-5-8-12-7(11)6-9(13-8)14-10(2,3)4/h6H,5H2,1-4H3,(H2,11,12,13). The van der Waals surface area contributed by atoms with E-state index in [9.17, 15) is 0 Å². The van der Waals surface area contributed by atoms with E-state index in [1.165, 1.54) is 0 Å². The Bertz CT molecular complexity index is 318. The van der Waals surface area contributed by atoms with Crippen molar-refractivity contribution in [2.75, 3.05) is 5.73 Å². The van der Waals surface area contributed by atoms with E-state index in [0.717, 1.165) is 6.42 Å². The summed E-state index contributed by atoms with van der Waals surface area (Å²) in [6, 6.07) is 1.64. The molecule has 0 bridgehead atoms. The second kappa shape index (κ2) is 3.82. The molecular formula is C10H17N3O. The van der Waals surface area contributed by atoms with Crippen LogP contribution < -0.4 is 10.5 Å². The minimum Gasteiger partial charge on any atom is -0.472 e. The number of hydrogen-bond donors (Lipinski definition) is 1. The number of aryl methyl sites for hydroxylation is 1. The summed E-state index contributed by atoms with van der Waals surface area (Å²) in [5, 5.41) is 0. The summed E-state index contributed by atoms with van der Waals surface area (Å²) < 4.78 is 5.59. The highest BCUT2D eigenvalue weighted by Gasteiger charge is 2.13. The first-order chi connectivity index (χ1) is 6.40. The number of nitrogens with two attached hydrogens (primary N) is 1. The quantitative estimate of drug-likeness (QED) is 0.781. The van der Waals surface area contributed by atoms with Gasteiger partial charge in [-0.3, -0.25) is 0 Å². The van der Waals surface area contributed by atoms with Crippen LogP contribution in [-0.4, -0.2) is 15.6 Å². The highest BCUT2D eigenvalue weighted by molar-refractivity contribution is 5.33. The first kappa shape index (κ1) is 10.8. The van der Waals surface area contributed by atoms with Gasteiger partial charge in [0.2, 0.25) is 5.88 Å². The minimum absolute atomic E-state index is 0.258. The molecule has 1 heterocycles. The van der Waals surface area contributed by atoms with Crippen molar-refractivity contribution in [2.24, 2.45) is 0 Å². The SMILES string of the molecule is CCc1nc(N)cc(OC(C)(C)C)n1. The molecule has 0 saturated carbocycles. The molecule has 0 aliphatic rings. The largest absolute Gasteiger partial charge is 0.472 e.